The number of epoxide rings is 1. The Balaban J connectivity index is 0.00000111. The number of ether oxygens (including phenoxy) is 4. The van der Waals surface area contributed by atoms with Crippen LogP contribution in [-0.4, -0.2) is 137 Å². The van der Waals surface area contributed by atoms with Crippen LogP contribution < -0.4 is 0 Å². The summed E-state index contributed by atoms with van der Waals surface area (Å²) in [6.45, 7) is 15.6. The zero-order chi connectivity index (χ0) is 41.1. The number of rotatable bonds is 0. The number of carbonyl (C=O) groups is 3. The monoisotopic (exact) mass is 832 g/mol. The van der Waals surface area contributed by atoms with Gasteiger partial charge >= 0.3 is 0 Å². The van der Waals surface area contributed by atoms with Gasteiger partial charge in [-0.3, -0.25) is 14.4 Å². The Kier molecular flexibility index (Phi) is 8.01. The Bertz CT molecular complexity index is 2020. The third kappa shape index (κ3) is 3.53. The number of hydrogen-bond acceptors (Lipinski definition) is 14. The van der Waals surface area contributed by atoms with Crippen molar-refractivity contribution in [3.05, 3.63) is 24.3 Å². The minimum absolute atomic E-state index is 0. The van der Waals surface area contributed by atoms with E-state index >= 15 is 4.79 Å². The van der Waals surface area contributed by atoms with E-state index in [2.05, 4.69) is 13.2 Å². The second kappa shape index (κ2) is 11.2. The molecule has 6 aliphatic heterocycles. The summed E-state index contributed by atoms with van der Waals surface area (Å²) in [5, 5.41) is 80.8. The van der Waals surface area contributed by atoms with Gasteiger partial charge in [-0.25, -0.2) is 0 Å². The van der Waals surface area contributed by atoms with Gasteiger partial charge in [0.25, 0.3) is 0 Å². The number of Topliss-reactive ketones (excluding diaryl/α,β-unsaturated/α-hetero) is 3. The molecular weight excluding hydrogens is 772 g/mol. The van der Waals surface area contributed by atoms with E-state index in [1.807, 2.05) is 27.7 Å². The molecule has 0 aromatic rings. The lowest BCUT2D eigenvalue weighted by molar-refractivity contribution is -0.474. The molecule has 6 saturated heterocycles. The molecule has 8 saturated carbocycles. The summed E-state index contributed by atoms with van der Waals surface area (Å²) in [6.07, 6.45) is -3.41. The second-order valence-electron chi connectivity index (χ2n) is 21.7. The summed E-state index contributed by atoms with van der Waals surface area (Å²) >= 11 is 0. The first-order valence-electron chi connectivity index (χ1n) is 20.9. The van der Waals surface area contributed by atoms with Gasteiger partial charge in [-0.15, -0.1) is 0 Å². The van der Waals surface area contributed by atoms with Crippen molar-refractivity contribution in [2.24, 2.45) is 68.0 Å². The first-order valence-corrected chi connectivity index (χ1v) is 20.9. The van der Waals surface area contributed by atoms with Gasteiger partial charge in [0, 0.05) is 30.8 Å². The zero-order valence-electron chi connectivity index (χ0n) is 34.2. The molecule has 14 fully saturated rings. The standard InChI is InChI=1S/C42H52O13.CH4O.2H2O/c1-17-19-7-9-21-36-15-52-40(50,38(21,25(17)43)27(19)45)29(47)23(36)32(3,4)13-34(31(36)49)11-12-35-14-33(5,6)24-30(48)41(51)39-22(10-8-20(28(39)46)18(2)26(39)44)37(24,16-53-41)42(35,54-34)55-35;1-2;;/h19-24,27-30,45-48,50-51H,1-2,7-16H2,3-6H3;2H,1H3;2*1H2/t19-,20-,21-,22-,23+,24+,27+,28+,29-,30-,34+,35+,36-,37-,38-,39-,40+,41+,42+;;;/m0.../s1. The molecule has 0 unspecified atom stereocenters. The summed E-state index contributed by atoms with van der Waals surface area (Å²) in [5.41, 5.74) is -10.5. The fourth-order valence-corrected chi connectivity index (χ4v) is 18.2. The summed E-state index contributed by atoms with van der Waals surface area (Å²) in [4.78, 5) is 45.1. The van der Waals surface area contributed by atoms with Crippen LogP contribution in [0.15, 0.2) is 24.3 Å². The molecule has 8 aliphatic carbocycles. The smallest absolute Gasteiger partial charge is 0.208 e. The number of ketones is 3. The highest BCUT2D eigenvalue weighted by atomic mass is 16.8. The average Bonchev–Trinajstić information content (AvgIpc) is 3.79. The molecule has 0 aromatic carbocycles. The van der Waals surface area contributed by atoms with Gasteiger partial charge in [-0.05, 0) is 85.2 Å². The number of aliphatic hydroxyl groups is 7. The molecule has 6 heterocycles. The van der Waals surface area contributed by atoms with Crippen LogP contribution in [0.2, 0.25) is 0 Å². The summed E-state index contributed by atoms with van der Waals surface area (Å²) in [5.74, 6) is -12.4. The molecular formula is C43H60O16. The van der Waals surface area contributed by atoms with Gasteiger partial charge in [0.05, 0.1) is 36.3 Å². The molecule has 14 aliphatic rings. The minimum Gasteiger partial charge on any atom is -0.412 e. The predicted octanol–water partition coefficient (Wildman–Crippen LogP) is -1.19. The topological polar surface area (TPSA) is 296 Å². The van der Waals surface area contributed by atoms with E-state index in [0.717, 1.165) is 7.11 Å². The molecule has 5 spiro atoms. The fourth-order valence-electron chi connectivity index (χ4n) is 18.2. The molecule has 328 valence electrons. The molecule has 0 aromatic heterocycles. The first-order chi connectivity index (χ1) is 26.6. The molecule has 59 heavy (non-hydrogen) atoms. The van der Waals surface area contributed by atoms with Crippen molar-refractivity contribution in [2.45, 2.75) is 132 Å². The molecule has 19 atom stereocenters. The van der Waals surface area contributed by atoms with Crippen molar-refractivity contribution in [1.29, 1.82) is 0 Å². The highest BCUT2D eigenvalue weighted by Gasteiger charge is 2.99. The van der Waals surface area contributed by atoms with E-state index in [-0.39, 0.29) is 53.9 Å². The Morgan fingerprint density at radius 2 is 1.12 bits per heavy atom. The number of aliphatic hydroxyl groups excluding tert-OH is 5. The molecule has 0 radical (unpaired) electrons. The first kappa shape index (κ1) is 42.3. The lowest BCUT2D eigenvalue weighted by Crippen LogP contribution is -2.89. The minimum atomic E-state index is -2.44. The van der Waals surface area contributed by atoms with Gasteiger partial charge in [0.1, 0.15) is 34.2 Å². The van der Waals surface area contributed by atoms with Crippen LogP contribution in [0.4, 0.5) is 0 Å². The lowest BCUT2D eigenvalue weighted by atomic mass is 9.33. The average molecular weight is 833 g/mol. The van der Waals surface area contributed by atoms with E-state index in [9.17, 15) is 40.2 Å². The molecule has 11 N–H and O–H groups in total. The number of carbonyl (C=O) groups excluding carboxylic acids is 3. The van der Waals surface area contributed by atoms with Gasteiger partial charge < -0.3 is 65.6 Å². The largest absolute Gasteiger partial charge is 0.412 e. The van der Waals surface area contributed by atoms with Gasteiger partial charge in [-0.1, -0.05) is 40.9 Å². The van der Waals surface area contributed by atoms with Gasteiger partial charge in [0.15, 0.2) is 17.3 Å². The third-order valence-electron chi connectivity index (χ3n) is 19.4. The van der Waals surface area contributed by atoms with Crippen molar-refractivity contribution < 1.29 is 80.0 Å². The highest BCUT2D eigenvalue weighted by Crippen LogP contribution is 2.87. The van der Waals surface area contributed by atoms with Crippen LogP contribution >= 0.6 is 0 Å². The van der Waals surface area contributed by atoms with Crippen molar-refractivity contribution in [2.75, 3.05) is 20.3 Å². The van der Waals surface area contributed by atoms with Gasteiger partial charge in [-0.2, -0.15) is 0 Å². The van der Waals surface area contributed by atoms with Crippen LogP contribution in [-0.2, 0) is 33.3 Å². The molecule has 14 rings (SSSR count). The SMILES string of the molecule is C=C1C(=O)[C@]23[C@H](O)[C@H]1CC[C@H]2[C@@]12CO[C@]3(O)[C@@H](O)[C@@H]1C(C)(C)C[C@]1(CC[C@@]34CC(C)(C)[C@H]5[C@H](O)[C@@]6(O)OC[C@@]5([C@@H]5CC[C@H]7C(=C)C(=O)[C@]56[C@@H]7O)[C@]3(O1)O4)C2=O.CO.O.O. The Labute approximate surface area is 341 Å². The van der Waals surface area contributed by atoms with E-state index in [0.29, 0.717) is 38.5 Å². The quantitative estimate of drug-likeness (QED) is 0.112. The van der Waals surface area contributed by atoms with Gasteiger partial charge in [0.2, 0.25) is 17.4 Å². The summed E-state index contributed by atoms with van der Waals surface area (Å²) in [6, 6.07) is 0. The second-order valence-corrected chi connectivity index (χ2v) is 21.7. The predicted molar refractivity (Wildman–Crippen MR) is 200 cm³/mol. The van der Waals surface area contributed by atoms with E-state index < -0.39 is 133 Å². The van der Waals surface area contributed by atoms with Crippen LogP contribution in [0.1, 0.15) is 79.1 Å². The maximum absolute atomic E-state index is 16.2. The van der Waals surface area contributed by atoms with Crippen LogP contribution in [0, 0.1) is 68.0 Å². The molecule has 0 amide bonds. The van der Waals surface area contributed by atoms with Crippen molar-refractivity contribution in [1.82, 2.24) is 0 Å². The lowest BCUT2D eigenvalue weighted by Gasteiger charge is -2.76. The van der Waals surface area contributed by atoms with E-state index in [4.69, 9.17) is 24.1 Å². The maximum Gasteiger partial charge on any atom is 0.208 e. The molecule has 16 heteroatoms. The maximum atomic E-state index is 16.2. The number of hydrogen-bond donors (Lipinski definition) is 7. The third-order valence-corrected chi connectivity index (χ3v) is 19.4. The van der Waals surface area contributed by atoms with Crippen LogP contribution in [0.5, 0.6) is 0 Å². The molecule has 16 nitrogen and oxygen atoms in total. The molecule has 8 bridgehead atoms. The Morgan fingerprint density at radius 1 is 0.627 bits per heavy atom. The fraction of sp³-hybridized carbons (Fsp3) is 0.837. The van der Waals surface area contributed by atoms with Crippen molar-refractivity contribution in [3.63, 3.8) is 0 Å². The Morgan fingerprint density at radius 3 is 1.69 bits per heavy atom. The van der Waals surface area contributed by atoms with Crippen LogP contribution in [0.25, 0.3) is 0 Å². The van der Waals surface area contributed by atoms with Crippen molar-refractivity contribution in [3.8, 4) is 0 Å². The van der Waals surface area contributed by atoms with E-state index in [1.165, 1.54) is 0 Å². The van der Waals surface area contributed by atoms with Crippen molar-refractivity contribution >= 4 is 17.3 Å². The summed E-state index contributed by atoms with van der Waals surface area (Å²) in [7, 11) is 1.00. The highest BCUT2D eigenvalue weighted by molar-refractivity contribution is 6.07. The summed E-state index contributed by atoms with van der Waals surface area (Å²) < 4.78 is 27.2. The normalized spacial score (nSPS) is 60.4. The zero-order valence-corrected chi connectivity index (χ0v) is 34.2. The van der Waals surface area contributed by atoms with E-state index in [1.54, 1.807) is 0 Å². The Hall–Kier alpha value is -2.03. The number of fused-ring (bicyclic) bond motifs is 4. The van der Waals surface area contributed by atoms with Crippen LogP contribution in [0.3, 0.4) is 0 Å².